The Morgan fingerprint density at radius 2 is 2.12 bits per heavy atom. The molecule has 1 unspecified atom stereocenters. The first-order chi connectivity index (χ1) is 12.7. The van der Waals surface area contributed by atoms with Crippen LogP contribution in [0.5, 0.6) is 0 Å². The fourth-order valence-electron chi connectivity index (χ4n) is 3.54. The van der Waals surface area contributed by atoms with Gasteiger partial charge in [0, 0.05) is 18.7 Å². The number of fused-ring (bicyclic) bond motifs is 2. The van der Waals surface area contributed by atoms with Gasteiger partial charge in [-0.1, -0.05) is 25.4 Å². The molecular weight excluding hydrogens is 354 g/mol. The summed E-state index contributed by atoms with van der Waals surface area (Å²) in [6.07, 6.45) is 2.98. The molecule has 1 aliphatic carbocycles. The molecule has 1 aliphatic heterocycles. The second kappa shape index (κ2) is 7.77. The van der Waals surface area contributed by atoms with Gasteiger partial charge in [-0.25, -0.2) is 4.98 Å². The maximum absolute atomic E-state index is 9.58. The second-order valence-electron chi connectivity index (χ2n) is 6.09. The molecule has 0 saturated carbocycles. The number of rotatable bonds is 2. The lowest BCUT2D eigenvalue weighted by molar-refractivity contribution is -0.190. The average Bonchev–Trinajstić information content (AvgIpc) is 3.31. The number of ether oxygens (including phenoxy) is 2. The molecule has 2 heterocycles. The minimum Gasteiger partial charge on any atom is -0.396 e. The van der Waals surface area contributed by atoms with Gasteiger partial charge in [-0.05, 0) is 30.5 Å². The second-order valence-corrected chi connectivity index (χ2v) is 6.50. The molecule has 0 bridgehead atoms. The van der Waals surface area contributed by atoms with Gasteiger partial charge in [0.05, 0.1) is 35.8 Å². The largest absolute Gasteiger partial charge is 0.396 e. The number of nitrogens with zero attached hydrogens (tertiary/aromatic N) is 3. The van der Waals surface area contributed by atoms with Gasteiger partial charge in [0.15, 0.2) is 0 Å². The van der Waals surface area contributed by atoms with Crippen LogP contribution in [0.1, 0.15) is 37.2 Å². The molecule has 7 heteroatoms. The monoisotopic (exact) mass is 375 g/mol. The smallest absolute Gasteiger partial charge is 0.213 e. The number of aliphatic hydroxyl groups is 1. The van der Waals surface area contributed by atoms with E-state index in [4.69, 9.17) is 26.3 Å². The third-order valence-corrected chi connectivity index (χ3v) is 4.92. The highest BCUT2D eigenvalue weighted by atomic mass is 35.5. The third kappa shape index (κ3) is 3.12. The lowest BCUT2D eigenvalue weighted by Gasteiger charge is -2.36. The minimum atomic E-state index is -0.877. The zero-order chi connectivity index (χ0) is 18.7. The molecule has 1 spiro atoms. The molecule has 1 N–H and O–H groups in total. The summed E-state index contributed by atoms with van der Waals surface area (Å²) < 4.78 is 13.8. The number of aliphatic hydroxyl groups excluding tert-OH is 1. The van der Waals surface area contributed by atoms with E-state index in [0.717, 1.165) is 17.1 Å². The molecule has 4 rings (SSSR count). The van der Waals surface area contributed by atoms with Crippen molar-refractivity contribution in [3.05, 3.63) is 46.5 Å². The molecule has 2 aromatic rings. The van der Waals surface area contributed by atoms with Gasteiger partial charge in [-0.15, -0.1) is 0 Å². The van der Waals surface area contributed by atoms with Gasteiger partial charge in [-0.3, -0.25) is 4.57 Å². The van der Waals surface area contributed by atoms with Gasteiger partial charge < -0.3 is 14.6 Å². The fourth-order valence-corrected chi connectivity index (χ4v) is 3.76. The van der Waals surface area contributed by atoms with Crippen LogP contribution in [0.2, 0.25) is 5.02 Å². The molecular formula is C19H22ClN3O3. The van der Waals surface area contributed by atoms with E-state index in [1.165, 1.54) is 0 Å². The minimum absolute atomic E-state index is 0.0588. The van der Waals surface area contributed by atoms with Crippen LogP contribution in [0.15, 0.2) is 24.5 Å². The Hall–Kier alpha value is -1.91. The first kappa shape index (κ1) is 18.9. The van der Waals surface area contributed by atoms with Crippen molar-refractivity contribution in [2.45, 2.75) is 32.5 Å². The van der Waals surface area contributed by atoms with Crippen LogP contribution in [0, 0.1) is 17.2 Å². The van der Waals surface area contributed by atoms with Gasteiger partial charge in [0.2, 0.25) is 5.79 Å². The molecule has 6 nitrogen and oxygen atoms in total. The van der Waals surface area contributed by atoms with E-state index in [9.17, 15) is 5.11 Å². The molecule has 1 aromatic carbocycles. The molecule has 1 fully saturated rings. The van der Waals surface area contributed by atoms with Crippen molar-refractivity contribution >= 4 is 11.6 Å². The fraction of sp³-hybridized carbons (Fsp3) is 0.474. The Bertz CT molecular complexity index is 822. The zero-order valence-corrected chi connectivity index (χ0v) is 15.7. The lowest BCUT2D eigenvalue weighted by atomic mass is 9.85. The van der Waals surface area contributed by atoms with Gasteiger partial charge >= 0.3 is 0 Å². The quantitative estimate of drug-likeness (QED) is 0.871. The maximum Gasteiger partial charge on any atom is 0.213 e. The molecule has 1 saturated heterocycles. The molecule has 0 amide bonds. The summed E-state index contributed by atoms with van der Waals surface area (Å²) in [4.78, 5) is 4.51. The maximum atomic E-state index is 9.58. The van der Waals surface area contributed by atoms with E-state index in [2.05, 4.69) is 11.1 Å². The van der Waals surface area contributed by atoms with Crippen LogP contribution in [-0.2, 0) is 21.7 Å². The van der Waals surface area contributed by atoms with E-state index < -0.39 is 5.79 Å². The normalized spacial score (nSPS) is 20.2. The number of halogens is 1. The van der Waals surface area contributed by atoms with Crippen molar-refractivity contribution in [1.82, 2.24) is 9.55 Å². The van der Waals surface area contributed by atoms with Crippen LogP contribution >= 0.6 is 11.6 Å². The summed E-state index contributed by atoms with van der Waals surface area (Å²) in [5, 5.41) is 19.0. The number of nitriles is 1. The van der Waals surface area contributed by atoms with Crippen molar-refractivity contribution in [1.29, 1.82) is 5.26 Å². The van der Waals surface area contributed by atoms with Crippen LogP contribution in [0.4, 0.5) is 0 Å². The van der Waals surface area contributed by atoms with Crippen LogP contribution in [0.3, 0.4) is 0 Å². The number of hydrogen-bond donors (Lipinski definition) is 1. The molecule has 1 atom stereocenters. The average molecular weight is 376 g/mol. The molecule has 2 aliphatic rings. The van der Waals surface area contributed by atoms with E-state index in [-0.39, 0.29) is 12.5 Å². The van der Waals surface area contributed by atoms with Crippen molar-refractivity contribution in [3.63, 3.8) is 0 Å². The molecule has 0 radical (unpaired) electrons. The number of imidazole rings is 1. The summed E-state index contributed by atoms with van der Waals surface area (Å²) >= 11 is 6.17. The lowest BCUT2D eigenvalue weighted by Crippen LogP contribution is -2.38. The molecule has 1 aromatic heterocycles. The van der Waals surface area contributed by atoms with Gasteiger partial charge in [-0.2, -0.15) is 5.26 Å². The highest BCUT2D eigenvalue weighted by Gasteiger charge is 2.48. The van der Waals surface area contributed by atoms with Crippen molar-refractivity contribution < 1.29 is 14.6 Å². The third-order valence-electron chi connectivity index (χ3n) is 4.61. The number of hydrogen-bond acceptors (Lipinski definition) is 5. The Labute approximate surface area is 157 Å². The predicted octanol–water partition coefficient (Wildman–Crippen LogP) is 3.18. The summed E-state index contributed by atoms with van der Waals surface area (Å²) in [6, 6.07) is 7.31. The summed E-state index contributed by atoms with van der Waals surface area (Å²) in [6.45, 7) is 5.09. The first-order valence-electron chi connectivity index (χ1n) is 8.82. The molecule has 138 valence electrons. The topological polar surface area (TPSA) is 80.3 Å². The van der Waals surface area contributed by atoms with Crippen LogP contribution in [-0.4, -0.2) is 34.5 Å². The van der Waals surface area contributed by atoms with Crippen molar-refractivity contribution in [2.24, 2.45) is 5.92 Å². The van der Waals surface area contributed by atoms with E-state index >= 15 is 0 Å². The first-order valence-corrected chi connectivity index (χ1v) is 9.20. The van der Waals surface area contributed by atoms with Gasteiger partial charge in [0.1, 0.15) is 11.8 Å². The highest BCUT2D eigenvalue weighted by molar-refractivity contribution is 6.31. The molecule has 26 heavy (non-hydrogen) atoms. The predicted molar refractivity (Wildman–Crippen MR) is 97.1 cm³/mol. The summed E-state index contributed by atoms with van der Waals surface area (Å²) in [5.41, 5.74) is 2.94. The van der Waals surface area contributed by atoms with Crippen LogP contribution < -0.4 is 0 Å². The van der Waals surface area contributed by atoms with Crippen molar-refractivity contribution in [3.8, 4) is 11.8 Å². The Kier molecular flexibility index (Phi) is 5.64. The van der Waals surface area contributed by atoms with Crippen LogP contribution in [0.25, 0.3) is 5.69 Å². The standard InChI is InChI=1S/C17H16ClN3O3.C2H6/c18-14-6-13(2-1-12(14)8-19)21-10-20-15-5-11(9-22)7-17(16(15)21)23-3-4-24-17;1-2/h1-2,6,10-11,22H,3-5,7,9H2;1-2H3. The van der Waals surface area contributed by atoms with E-state index in [1.807, 2.05) is 24.5 Å². The number of benzene rings is 1. The Morgan fingerprint density at radius 1 is 1.38 bits per heavy atom. The van der Waals surface area contributed by atoms with E-state index in [0.29, 0.717) is 36.6 Å². The summed E-state index contributed by atoms with van der Waals surface area (Å²) in [7, 11) is 0. The van der Waals surface area contributed by atoms with E-state index in [1.54, 1.807) is 18.5 Å². The van der Waals surface area contributed by atoms with Gasteiger partial charge in [0.25, 0.3) is 0 Å². The van der Waals surface area contributed by atoms with Crippen molar-refractivity contribution in [2.75, 3.05) is 19.8 Å². The Morgan fingerprint density at radius 3 is 2.73 bits per heavy atom. The highest BCUT2D eigenvalue weighted by Crippen LogP contribution is 2.44. The Balaban J connectivity index is 0.000000948. The summed E-state index contributed by atoms with van der Waals surface area (Å²) in [5.74, 6) is -0.818. The number of aromatic nitrogens is 2. The zero-order valence-electron chi connectivity index (χ0n) is 14.9. The SMILES string of the molecule is CC.N#Cc1ccc(-n2cnc3c2C2(CC(CO)C3)OCCO2)cc1Cl.